The molecule has 0 aliphatic rings. The molecule has 1 aromatic heterocycles. The van der Waals surface area contributed by atoms with Crippen molar-refractivity contribution in [3.63, 3.8) is 0 Å². The molecule has 3 N–H and O–H groups in total. The summed E-state index contributed by atoms with van der Waals surface area (Å²) in [4.78, 5) is 7.97. The molecule has 0 saturated carbocycles. The first-order valence-corrected chi connectivity index (χ1v) is 6.85. The highest BCUT2D eigenvalue weighted by molar-refractivity contribution is 9.10. The van der Waals surface area contributed by atoms with E-state index in [1.807, 2.05) is 12.1 Å². The van der Waals surface area contributed by atoms with Crippen LogP contribution in [0.3, 0.4) is 0 Å². The monoisotopic (exact) mass is 295 g/mol. The summed E-state index contributed by atoms with van der Waals surface area (Å²) >= 11 is 3.44. The second-order valence-electron chi connectivity index (χ2n) is 4.56. The van der Waals surface area contributed by atoms with Crippen LogP contribution in [0.1, 0.15) is 44.9 Å². The van der Waals surface area contributed by atoms with Gasteiger partial charge in [-0.25, -0.2) is 4.98 Å². The fourth-order valence-electron chi connectivity index (χ4n) is 2.01. The minimum Gasteiger partial charge on any atom is -0.397 e. The van der Waals surface area contributed by atoms with Crippen LogP contribution in [0.5, 0.6) is 0 Å². The summed E-state index contributed by atoms with van der Waals surface area (Å²) in [7, 11) is 0. The van der Waals surface area contributed by atoms with E-state index in [2.05, 4.69) is 39.7 Å². The highest BCUT2D eigenvalue weighted by Gasteiger charge is 2.12. The first kappa shape index (κ1) is 12.4. The molecule has 92 valence electrons. The van der Waals surface area contributed by atoms with Crippen LogP contribution in [0.4, 0.5) is 5.69 Å². The number of aromatic amines is 1. The van der Waals surface area contributed by atoms with Gasteiger partial charge in [-0.05, 0) is 18.6 Å². The Hall–Kier alpha value is -1.03. The number of hydrogen-bond acceptors (Lipinski definition) is 2. The number of rotatable bonds is 4. The van der Waals surface area contributed by atoms with Crippen molar-refractivity contribution in [2.24, 2.45) is 0 Å². The van der Waals surface area contributed by atoms with Crippen molar-refractivity contribution in [1.82, 2.24) is 9.97 Å². The fourth-order valence-corrected chi connectivity index (χ4v) is 2.48. The molecule has 0 spiro atoms. The Kier molecular flexibility index (Phi) is 3.72. The lowest BCUT2D eigenvalue weighted by Gasteiger charge is -2.06. The molecule has 1 heterocycles. The van der Waals surface area contributed by atoms with Crippen LogP contribution in [0.25, 0.3) is 11.0 Å². The minimum atomic E-state index is 0.459. The Morgan fingerprint density at radius 2 is 2.24 bits per heavy atom. The Morgan fingerprint density at radius 1 is 1.47 bits per heavy atom. The van der Waals surface area contributed by atoms with E-state index >= 15 is 0 Å². The van der Waals surface area contributed by atoms with Crippen molar-refractivity contribution in [1.29, 1.82) is 0 Å². The summed E-state index contributed by atoms with van der Waals surface area (Å²) in [6, 6.07) is 3.92. The average Bonchev–Trinajstić information content (AvgIpc) is 2.69. The molecule has 2 rings (SSSR count). The van der Waals surface area contributed by atoms with Crippen LogP contribution in [-0.4, -0.2) is 9.97 Å². The van der Waals surface area contributed by atoms with Crippen molar-refractivity contribution in [3.8, 4) is 0 Å². The van der Waals surface area contributed by atoms with Gasteiger partial charge in [0.25, 0.3) is 0 Å². The van der Waals surface area contributed by atoms with Crippen molar-refractivity contribution >= 4 is 32.7 Å². The molecule has 0 aliphatic heterocycles. The lowest BCUT2D eigenvalue weighted by Crippen LogP contribution is -1.95. The summed E-state index contributed by atoms with van der Waals surface area (Å²) in [5.41, 5.74) is 8.57. The van der Waals surface area contributed by atoms with Gasteiger partial charge in [0.05, 0.1) is 11.2 Å². The van der Waals surface area contributed by atoms with Crippen LogP contribution in [0.15, 0.2) is 16.6 Å². The van der Waals surface area contributed by atoms with Gasteiger partial charge in [0.1, 0.15) is 11.3 Å². The number of nitrogen functional groups attached to an aromatic ring is 1. The predicted molar refractivity (Wildman–Crippen MR) is 76.1 cm³/mol. The molecule has 1 unspecified atom stereocenters. The van der Waals surface area contributed by atoms with Crippen LogP contribution in [0, 0.1) is 0 Å². The topological polar surface area (TPSA) is 54.7 Å². The first-order chi connectivity index (χ1) is 8.11. The second-order valence-corrected chi connectivity index (χ2v) is 5.47. The molecule has 0 aliphatic carbocycles. The third-order valence-corrected chi connectivity index (χ3v) is 3.51. The Labute approximate surface area is 110 Å². The van der Waals surface area contributed by atoms with Crippen molar-refractivity contribution in [2.45, 2.75) is 39.0 Å². The Balaban J connectivity index is 2.34. The highest BCUT2D eigenvalue weighted by atomic mass is 79.9. The molecule has 3 nitrogen and oxygen atoms in total. The van der Waals surface area contributed by atoms with Crippen molar-refractivity contribution in [2.75, 3.05) is 5.73 Å². The van der Waals surface area contributed by atoms with E-state index < -0.39 is 0 Å². The maximum atomic E-state index is 5.96. The zero-order valence-electron chi connectivity index (χ0n) is 10.3. The Bertz CT molecular complexity index is 519. The quantitative estimate of drug-likeness (QED) is 0.831. The Morgan fingerprint density at radius 3 is 2.94 bits per heavy atom. The molecule has 0 bridgehead atoms. The van der Waals surface area contributed by atoms with Gasteiger partial charge in [0, 0.05) is 10.4 Å². The van der Waals surface area contributed by atoms with E-state index in [0.717, 1.165) is 33.4 Å². The minimum absolute atomic E-state index is 0.459. The molecule has 1 aromatic carbocycles. The molecule has 0 radical (unpaired) electrons. The third kappa shape index (κ3) is 2.63. The van der Waals surface area contributed by atoms with E-state index in [1.165, 1.54) is 12.8 Å². The zero-order chi connectivity index (χ0) is 12.4. The van der Waals surface area contributed by atoms with Gasteiger partial charge >= 0.3 is 0 Å². The number of aromatic nitrogens is 2. The first-order valence-electron chi connectivity index (χ1n) is 6.06. The molecule has 0 fully saturated rings. The fraction of sp³-hybridized carbons (Fsp3) is 0.462. The predicted octanol–water partition coefficient (Wildman–Crippen LogP) is 4.20. The van der Waals surface area contributed by atoms with E-state index in [9.17, 15) is 0 Å². The van der Waals surface area contributed by atoms with Crippen molar-refractivity contribution < 1.29 is 0 Å². The smallest absolute Gasteiger partial charge is 0.112 e. The summed E-state index contributed by atoms with van der Waals surface area (Å²) in [6.45, 7) is 4.42. The second kappa shape index (κ2) is 5.08. The van der Waals surface area contributed by atoms with Gasteiger partial charge in [-0.2, -0.15) is 0 Å². The number of imidazole rings is 1. The SMILES string of the molecule is CCCCC(C)c1nc2c(N)cc(Br)cc2[nH]1. The van der Waals surface area contributed by atoms with Crippen LogP contribution < -0.4 is 5.73 Å². The molecule has 2 aromatic rings. The molecule has 0 saturated heterocycles. The summed E-state index contributed by atoms with van der Waals surface area (Å²) < 4.78 is 0.985. The maximum absolute atomic E-state index is 5.96. The van der Waals surface area contributed by atoms with E-state index in [4.69, 9.17) is 5.73 Å². The van der Waals surface area contributed by atoms with Crippen LogP contribution in [-0.2, 0) is 0 Å². The van der Waals surface area contributed by atoms with Gasteiger partial charge in [-0.15, -0.1) is 0 Å². The summed E-state index contributed by atoms with van der Waals surface area (Å²) in [5.74, 6) is 1.50. The molecular weight excluding hydrogens is 278 g/mol. The zero-order valence-corrected chi connectivity index (χ0v) is 11.8. The standard InChI is InChI=1S/C13H18BrN3/c1-3-4-5-8(2)13-16-11-7-9(14)6-10(15)12(11)17-13/h6-8H,3-5,15H2,1-2H3,(H,16,17). The molecular formula is C13H18BrN3. The number of nitrogens with zero attached hydrogens (tertiary/aromatic N) is 1. The number of nitrogens with one attached hydrogen (secondary N) is 1. The van der Waals surface area contributed by atoms with Crippen molar-refractivity contribution in [3.05, 3.63) is 22.4 Å². The van der Waals surface area contributed by atoms with E-state index in [1.54, 1.807) is 0 Å². The maximum Gasteiger partial charge on any atom is 0.112 e. The van der Waals surface area contributed by atoms with Crippen LogP contribution >= 0.6 is 15.9 Å². The molecule has 0 amide bonds. The number of benzene rings is 1. The number of unbranched alkanes of at least 4 members (excludes halogenated alkanes) is 1. The normalized spacial score (nSPS) is 13.1. The largest absolute Gasteiger partial charge is 0.397 e. The third-order valence-electron chi connectivity index (χ3n) is 3.06. The number of anilines is 1. The van der Waals surface area contributed by atoms with Gasteiger partial charge in [0.15, 0.2) is 0 Å². The molecule has 4 heteroatoms. The number of hydrogen-bond donors (Lipinski definition) is 2. The lowest BCUT2D eigenvalue weighted by atomic mass is 10.0. The van der Waals surface area contributed by atoms with Gasteiger partial charge in [-0.1, -0.05) is 42.6 Å². The van der Waals surface area contributed by atoms with Crippen LogP contribution in [0.2, 0.25) is 0 Å². The molecule has 17 heavy (non-hydrogen) atoms. The number of halogens is 1. The van der Waals surface area contributed by atoms with Gasteiger partial charge < -0.3 is 10.7 Å². The number of fused-ring (bicyclic) bond motifs is 1. The van der Waals surface area contributed by atoms with E-state index in [-0.39, 0.29) is 0 Å². The lowest BCUT2D eigenvalue weighted by molar-refractivity contribution is 0.602. The number of nitrogens with two attached hydrogens (primary N) is 1. The van der Waals surface area contributed by atoms with Gasteiger partial charge in [0.2, 0.25) is 0 Å². The van der Waals surface area contributed by atoms with E-state index in [0.29, 0.717) is 5.92 Å². The van der Waals surface area contributed by atoms with Gasteiger partial charge in [-0.3, -0.25) is 0 Å². The highest BCUT2D eigenvalue weighted by Crippen LogP contribution is 2.27. The average molecular weight is 296 g/mol. The molecule has 1 atom stereocenters. The number of H-pyrrole nitrogens is 1. The summed E-state index contributed by atoms with van der Waals surface area (Å²) in [5, 5.41) is 0. The summed E-state index contributed by atoms with van der Waals surface area (Å²) in [6.07, 6.45) is 3.62.